The SMILES string of the molecule is C.CB(C)I.CO.CSC.CSC[C@H](O)[C@H](O)CSC1CC(=O)N(c2ccc(Cc3ccc(N4C(=O)CC(C)C4=O)cc3)cc2)C1=O.O=C1C=CC(=O)N1c1ccc(Cc2ccc(N3C(=O)C=CC3=O)cc2)cc1.O[C@H](CS)[C@@H](O)CS.[2HH].[3H]O. The van der Waals surface area contributed by atoms with Crippen LogP contribution in [0.25, 0.3) is 0 Å². The Hall–Kier alpha value is -4.78. The molecule has 83 heavy (non-hydrogen) atoms. The van der Waals surface area contributed by atoms with Gasteiger partial charge in [-0.3, -0.25) is 43.3 Å². The first kappa shape index (κ1) is 74.3. The van der Waals surface area contributed by atoms with Crippen molar-refractivity contribution in [1.29, 1.82) is 0 Å². The molecule has 7 N–H and O–H groups in total. The number of hydrogen-bond donors (Lipinski definition) is 7. The van der Waals surface area contributed by atoms with Crippen molar-refractivity contribution < 1.29 is 72.2 Å². The van der Waals surface area contributed by atoms with Gasteiger partial charge in [0.1, 0.15) is 0 Å². The van der Waals surface area contributed by atoms with E-state index in [0.29, 0.717) is 41.3 Å². The molecule has 2 fully saturated rings. The minimum atomic E-state index is -0.956. The fourth-order valence-corrected chi connectivity index (χ4v) is 9.95. The van der Waals surface area contributed by atoms with E-state index in [1.807, 2.05) is 67.3 Å². The zero-order valence-corrected chi connectivity index (χ0v) is 52.9. The van der Waals surface area contributed by atoms with Crippen LogP contribution in [-0.4, -0.2) is 161 Å². The van der Waals surface area contributed by atoms with Gasteiger partial charge in [-0.1, -0.05) is 76.5 Å². The predicted octanol–water partition coefficient (Wildman–Crippen LogP) is 6.65. The number of carbonyl (C=O) groups is 8. The molecule has 0 spiro atoms. The number of nitrogens with zero attached hydrogens (tertiary/aromatic N) is 4. The average molecular weight is 1360 g/mol. The lowest BCUT2D eigenvalue weighted by atomic mass is 9.87. The molecule has 0 saturated carbocycles. The number of aliphatic hydroxyl groups is 5. The average Bonchev–Trinajstić information content (AvgIpc) is 4.40. The molecule has 25 heteroatoms. The number of imide groups is 4. The Morgan fingerprint density at radius 2 is 0.831 bits per heavy atom. The Kier molecular flexibility index (Phi) is 34.9. The molecule has 4 aliphatic rings. The maximum Gasteiger partial charge on any atom is 0.258 e. The van der Waals surface area contributed by atoms with Crippen LogP contribution in [0.3, 0.4) is 0 Å². The lowest BCUT2D eigenvalue weighted by Crippen LogP contribution is -2.33. The van der Waals surface area contributed by atoms with Gasteiger partial charge in [0.05, 0.1) is 52.4 Å². The molecule has 0 aromatic heterocycles. The molecule has 4 aliphatic heterocycles. The van der Waals surface area contributed by atoms with Gasteiger partial charge in [-0.05, 0) is 102 Å². The first-order chi connectivity index (χ1) is 39.6. The van der Waals surface area contributed by atoms with E-state index in [2.05, 4.69) is 61.3 Å². The van der Waals surface area contributed by atoms with Gasteiger partial charge in [-0.15, -0.1) is 11.8 Å². The van der Waals surface area contributed by atoms with E-state index in [1.165, 1.54) is 57.6 Å². The summed E-state index contributed by atoms with van der Waals surface area (Å²) in [5.74, 6) is -1.49. The van der Waals surface area contributed by atoms with Gasteiger partial charge < -0.3 is 31.0 Å². The summed E-state index contributed by atoms with van der Waals surface area (Å²) in [5.41, 5.74) is 12.4. The van der Waals surface area contributed by atoms with E-state index >= 15 is 0 Å². The van der Waals surface area contributed by atoms with Crippen LogP contribution >= 0.6 is 82.9 Å². The van der Waals surface area contributed by atoms with E-state index in [0.717, 1.165) is 43.7 Å². The van der Waals surface area contributed by atoms with Crippen molar-refractivity contribution in [3.63, 3.8) is 0 Å². The number of thioether (sulfide) groups is 3. The zero-order chi connectivity index (χ0) is 62.5. The van der Waals surface area contributed by atoms with Crippen molar-refractivity contribution in [3.05, 3.63) is 144 Å². The Morgan fingerprint density at radius 3 is 1.11 bits per heavy atom. The summed E-state index contributed by atoms with van der Waals surface area (Å²) in [6.07, 6.45) is 9.16. The second-order valence-electron chi connectivity index (χ2n) is 18.5. The van der Waals surface area contributed by atoms with E-state index in [-0.39, 0.29) is 92.1 Å². The third kappa shape index (κ3) is 23.2. The molecule has 4 heterocycles. The van der Waals surface area contributed by atoms with Gasteiger partial charge in [0.2, 0.25) is 29.6 Å². The Labute approximate surface area is 527 Å². The lowest BCUT2D eigenvalue weighted by molar-refractivity contribution is -0.123. The van der Waals surface area contributed by atoms with Crippen molar-refractivity contribution in [1.82, 2.24) is 0 Å². The molecule has 18 nitrogen and oxygen atoms in total. The Bertz CT molecular complexity index is 2680. The van der Waals surface area contributed by atoms with E-state index in [1.54, 1.807) is 67.2 Å². The van der Waals surface area contributed by atoms with Crippen molar-refractivity contribution >= 4 is 157 Å². The maximum absolute atomic E-state index is 12.9. The smallest absolute Gasteiger partial charge is 0.258 e. The first-order valence-corrected chi connectivity index (χ1v) is 31.9. The summed E-state index contributed by atoms with van der Waals surface area (Å²) in [6.45, 7) is 6.06. The molecule has 0 aliphatic carbocycles. The molecular formula is C58H78BIN4O14S5. The second-order valence-corrected chi connectivity index (χ2v) is 24.7. The molecule has 4 aromatic carbocycles. The van der Waals surface area contributed by atoms with Gasteiger partial charge in [-0.2, -0.15) is 71.2 Å². The normalized spacial score (nSPS) is 17.4. The number of halogens is 1. The standard InChI is InChI=1S/C27H30N2O6S2.C21H14N2O4.C4H10O2S2.C2H6BI.C2H6S.CH4O.CH4.H2O.H2/c1-16-11-24(32)28(26(16)34)19-7-3-17(4-8-19)12-18-5-9-20(10-6-18)29-25(33)13-23(27(29)35)37-15-22(31)21(30)14-36-2;24-18-9-10-19(25)22(18)16-5-1-14(2-6-16)13-15-3-7-17(8-4-15)23-20(26)11-12-21(23)27;5-3(1-7)4(6)2-8;1-3(2)4;1-3-2;1-2;;;/h3-10,16,21-23,30-31H,11-15H2,1-2H3;1-12H,13H2;3-8H,1-2H2;1-2H3;1-2H3;2H,1H3;1H4;1H2;1H/t16?,21-,22+,23?;;3-,4+;;;;;;/m0......../s1/i;;;;;;;;1+1/hT. The van der Waals surface area contributed by atoms with Gasteiger partial charge in [0, 0.05) is 74.6 Å². The van der Waals surface area contributed by atoms with Crippen LogP contribution in [-0.2, 0) is 51.2 Å². The van der Waals surface area contributed by atoms with E-state index in [9.17, 15) is 48.6 Å². The van der Waals surface area contributed by atoms with Gasteiger partial charge in [0.25, 0.3) is 23.6 Å². The first-order valence-electron chi connectivity index (χ1n) is 25.8. The van der Waals surface area contributed by atoms with Crippen molar-refractivity contribution in [2.75, 3.05) is 68.5 Å². The molecule has 0 bridgehead atoms. The summed E-state index contributed by atoms with van der Waals surface area (Å²) in [4.78, 5) is 101. The fraction of sp³-hybridized carbons (Fsp3) is 0.379. The molecule has 4 aromatic rings. The largest absolute Gasteiger partial charge is 0.412 e. The third-order valence-corrected chi connectivity index (χ3v) is 14.5. The molecule has 0 radical (unpaired) electrons. The fourth-order valence-electron chi connectivity index (χ4n) is 7.74. The van der Waals surface area contributed by atoms with Gasteiger partial charge in [-0.25, -0.2) is 14.7 Å². The molecular weight excluding hydrogens is 1270 g/mol. The van der Waals surface area contributed by atoms with Gasteiger partial charge >= 0.3 is 0 Å². The van der Waals surface area contributed by atoms with Crippen LogP contribution in [0, 0.1) is 5.92 Å². The van der Waals surface area contributed by atoms with Gasteiger partial charge in [0.15, 0.2) is 0 Å². The molecule has 2 saturated heterocycles. The molecule has 8 amide bonds. The maximum atomic E-state index is 12.9. The lowest BCUT2D eigenvalue weighted by Gasteiger charge is -2.18. The Morgan fingerprint density at radius 1 is 0.554 bits per heavy atom. The van der Waals surface area contributed by atoms with Crippen LogP contribution in [0.1, 0.15) is 52.3 Å². The van der Waals surface area contributed by atoms with Crippen LogP contribution in [0.2, 0.25) is 13.6 Å². The molecule has 6 atom stereocenters. The Balaban J connectivity index is 0.00000128. The number of anilines is 4. The summed E-state index contributed by atoms with van der Waals surface area (Å²) < 4.78 is 5.55. The summed E-state index contributed by atoms with van der Waals surface area (Å²) in [6, 6.07) is 28.9. The number of rotatable bonds is 17. The van der Waals surface area contributed by atoms with Crippen LogP contribution < -0.4 is 19.6 Å². The third-order valence-electron chi connectivity index (χ3n) is 11.8. The summed E-state index contributed by atoms with van der Waals surface area (Å²) in [5, 5.41) is 43.9. The van der Waals surface area contributed by atoms with Crippen molar-refractivity contribution in [2.45, 2.75) is 83.3 Å². The molecule has 8 rings (SSSR count). The predicted molar refractivity (Wildman–Crippen MR) is 356 cm³/mol. The zero-order valence-electron chi connectivity index (χ0n) is 47.5. The quantitative estimate of drug-likeness (QED) is 0.0252. The number of carbonyl (C=O) groups excluding carboxylic acids is 8. The van der Waals surface area contributed by atoms with Crippen LogP contribution in [0.4, 0.5) is 22.7 Å². The molecule has 2 unspecified atom stereocenters. The minimum absolute atomic E-state index is 0. The highest BCUT2D eigenvalue weighted by atomic mass is 127. The highest BCUT2D eigenvalue weighted by Gasteiger charge is 2.40. The van der Waals surface area contributed by atoms with E-state index in [4.69, 9.17) is 22.2 Å². The summed E-state index contributed by atoms with van der Waals surface area (Å²) in [7, 11) is 1.00. The molecule has 454 valence electrons. The number of benzene rings is 4. The highest BCUT2D eigenvalue weighted by molar-refractivity contribution is 14.1. The minimum Gasteiger partial charge on any atom is -0.412 e. The topological polar surface area (TPSA) is 282 Å². The van der Waals surface area contributed by atoms with Crippen LogP contribution in [0.15, 0.2) is 121 Å². The van der Waals surface area contributed by atoms with E-state index < -0.39 is 29.7 Å². The van der Waals surface area contributed by atoms with Crippen molar-refractivity contribution in [2.24, 2.45) is 5.92 Å². The number of aliphatic hydroxyl groups excluding tert-OH is 5. The monoisotopic (exact) mass is 1360 g/mol. The second kappa shape index (κ2) is 39.0. The number of amides is 8. The number of thiol groups is 2. The highest BCUT2D eigenvalue weighted by Crippen LogP contribution is 2.32. The number of hydrogen-bond acceptors (Lipinski definition) is 18. The summed E-state index contributed by atoms with van der Waals surface area (Å²) >= 11 is 14.2. The van der Waals surface area contributed by atoms with Crippen LogP contribution in [0.5, 0.6) is 0 Å². The van der Waals surface area contributed by atoms with Crippen molar-refractivity contribution in [3.8, 4) is 0 Å².